The Kier molecular flexibility index (Phi) is 8.93. The summed E-state index contributed by atoms with van der Waals surface area (Å²) in [6, 6.07) is 10.3. The SMILES string of the molecule is CCCCNC(=O)C(C)N(Cc1ccccc1F)C(=O)Cc1ccc(Cl)cc1Cl. The third-order valence-corrected chi connectivity index (χ3v) is 5.24. The van der Waals surface area contributed by atoms with Gasteiger partial charge in [0.15, 0.2) is 0 Å². The third kappa shape index (κ3) is 6.72. The van der Waals surface area contributed by atoms with Crippen molar-refractivity contribution in [2.24, 2.45) is 0 Å². The molecule has 0 heterocycles. The number of hydrogen-bond donors (Lipinski definition) is 1. The van der Waals surface area contributed by atoms with Crippen LogP contribution in [0.1, 0.15) is 37.8 Å². The van der Waals surface area contributed by atoms with Gasteiger partial charge in [-0.25, -0.2) is 4.39 Å². The molecular weight excluding hydrogens is 414 g/mol. The van der Waals surface area contributed by atoms with Crippen LogP contribution in [0, 0.1) is 5.82 Å². The van der Waals surface area contributed by atoms with E-state index in [9.17, 15) is 14.0 Å². The molecule has 0 aromatic heterocycles. The molecule has 1 atom stereocenters. The molecule has 0 aliphatic carbocycles. The molecule has 0 aliphatic rings. The Hall–Kier alpha value is -2.11. The summed E-state index contributed by atoms with van der Waals surface area (Å²) in [5.41, 5.74) is 0.939. The van der Waals surface area contributed by atoms with Gasteiger partial charge < -0.3 is 10.2 Å². The highest BCUT2D eigenvalue weighted by Gasteiger charge is 2.27. The van der Waals surface area contributed by atoms with Gasteiger partial charge in [0.25, 0.3) is 0 Å². The standard InChI is InChI=1S/C22H25Cl2FN2O2/c1-3-4-11-26-22(29)15(2)27(14-17-7-5-6-8-20(17)25)21(28)12-16-9-10-18(23)13-19(16)24/h5-10,13,15H,3-4,11-12,14H2,1-2H3,(H,26,29). The molecule has 0 aliphatic heterocycles. The van der Waals surface area contributed by atoms with Crippen molar-refractivity contribution in [2.45, 2.75) is 45.7 Å². The summed E-state index contributed by atoms with van der Waals surface area (Å²) in [7, 11) is 0. The molecule has 0 fully saturated rings. The van der Waals surface area contributed by atoms with Crippen molar-refractivity contribution in [1.29, 1.82) is 0 Å². The normalized spacial score (nSPS) is 11.8. The lowest BCUT2D eigenvalue weighted by molar-refractivity contribution is -0.140. The molecule has 2 amide bonds. The van der Waals surface area contributed by atoms with Gasteiger partial charge in [-0.2, -0.15) is 0 Å². The number of carbonyl (C=O) groups excluding carboxylic acids is 2. The monoisotopic (exact) mass is 438 g/mol. The molecule has 29 heavy (non-hydrogen) atoms. The van der Waals surface area contributed by atoms with Crippen LogP contribution in [0.3, 0.4) is 0 Å². The maximum atomic E-state index is 14.2. The average molecular weight is 439 g/mol. The van der Waals surface area contributed by atoms with Gasteiger partial charge in [0, 0.05) is 28.7 Å². The minimum absolute atomic E-state index is 0.0148. The van der Waals surface area contributed by atoms with Crippen molar-refractivity contribution in [3.05, 3.63) is 69.5 Å². The van der Waals surface area contributed by atoms with E-state index in [-0.39, 0.29) is 24.8 Å². The first-order chi connectivity index (χ1) is 13.8. The highest BCUT2D eigenvalue weighted by molar-refractivity contribution is 6.35. The van der Waals surface area contributed by atoms with Gasteiger partial charge in [0.2, 0.25) is 11.8 Å². The number of nitrogens with zero attached hydrogens (tertiary/aromatic N) is 1. The van der Waals surface area contributed by atoms with Gasteiger partial charge in [0.1, 0.15) is 11.9 Å². The van der Waals surface area contributed by atoms with Gasteiger partial charge in [-0.15, -0.1) is 0 Å². The highest BCUT2D eigenvalue weighted by Crippen LogP contribution is 2.23. The van der Waals surface area contributed by atoms with Gasteiger partial charge in [-0.1, -0.05) is 60.8 Å². The molecule has 156 valence electrons. The Morgan fingerprint density at radius 3 is 2.52 bits per heavy atom. The average Bonchev–Trinajstić information content (AvgIpc) is 2.69. The first-order valence-corrected chi connectivity index (χ1v) is 10.3. The zero-order chi connectivity index (χ0) is 21.4. The molecule has 7 heteroatoms. The predicted octanol–water partition coefficient (Wildman–Crippen LogP) is 5.01. The molecule has 0 saturated heterocycles. The Morgan fingerprint density at radius 2 is 1.86 bits per heavy atom. The van der Waals surface area contributed by atoms with Crippen LogP contribution in [0.2, 0.25) is 10.0 Å². The summed E-state index contributed by atoms with van der Waals surface area (Å²) in [5.74, 6) is -1.02. The molecule has 1 N–H and O–H groups in total. The lowest BCUT2D eigenvalue weighted by atomic mass is 10.1. The number of halogens is 3. The minimum Gasteiger partial charge on any atom is -0.354 e. The van der Waals surface area contributed by atoms with Crippen molar-refractivity contribution < 1.29 is 14.0 Å². The number of benzene rings is 2. The summed E-state index contributed by atoms with van der Waals surface area (Å²) in [6.45, 7) is 4.19. The van der Waals surface area contributed by atoms with E-state index in [1.54, 1.807) is 43.3 Å². The molecule has 4 nitrogen and oxygen atoms in total. The van der Waals surface area contributed by atoms with E-state index in [2.05, 4.69) is 5.32 Å². The van der Waals surface area contributed by atoms with Crippen molar-refractivity contribution in [3.8, 4) is 0 Å². The zero-order valence-electron chi connectivity index (χ0n) is 16.6. The van der Waals surface area contributed by atoms with Crippen molar-refractivity contribution in [1.82, 2.24) is 10.2 Å². The quantitative estimate of drug-likeness (QED) is 0.559. The second kappa shape index (κ2) is 11.2. The maximum absolute atomic E-state index is 14.2. The van der Waals surface area contributed by atoms with E-state index in [1.165, 1.54) is 11.0 Å². The molecule has 1 unspecified atom stereocenters. The molecule has 0 radical (unpaired) electrons. The van der Waals surface area contributed by atoms with E-state index in [0.717, 1.165) is 12.8 Å². The smallest absolute Gasteiger partial charge is 0.242 e. The second-order valence-electron chi connectivity index (χ2n) is 6.85. The predicted molar refractivity (Wildman–Crippen MR) is 114 cm³/mol. The Balaban J connectivity index is 2.23. The summed E-state index contributed by atoms with van der Waals surface area (Å²) >= 11 is 12.1. The molecular formula is C22H25Cl2FN2O2. The third-order valence-electron chi connectivity index (χ3n) is 4.65. The lowest BCUT2D eigenvalue weighted by Gasteiger charge is -2.29. The van der Waals surface area contributed by atoms with Gasteiger partial charge in [0.05, 0.1) is 6.42 Å². The van der Waals surface area contributed by atoms with Crippen LogP contribution in [0.5, 0.6) is 0 Å². The van der Waals surface area contributed by atoms with Crippen LogP contribution < -0.4 is 5.32 Å². The van der Waals surface area contributed by atoms with Crippen LogP contribution >= 0.6 is 23.2 Å². The number of amides is 2. The second-order valence-corrected chi connectivity index (χ2v) is 7.69. The van der Waals surface area contributed by atoms with Crippen molar-refractivity contribution in [2.75, 3.05) is 6.54 Å². The van der Waals surface area contributed by atoms with E-state index in [0.29, 0.717) is 27.7 Å². The number of carbonyl (C=O) groups is 2. The fourth-order valence-corrected chi connectivity index (χ4v) is 3.33. The van der Waals surface area contributed by atoms with Gasteiger partial charge in [-0.05, 0) is 37.1 Å². The maximum Gasteiger partial charge on any atom is 0.242 e. The molecule has 2 aromatic carbocycles. The number of rotatable bonds is 9. The molecule has 2 rings (SSSR count). The molecule has 0 bridgehead atoms. The number of unbranched alkanes of at least 4 members (excludes halogenated alkanes) is 1. The summed E-state index contributed by atoms with van der Waals surface area (Å²) in [6.07, 6.45) is 1.78. The molecule has 0 spiro atoms. The largest absolute Gasteiger partial charge is 0.354 e. The van der Waals surface area contributed by atoms with Crippen LogP contribution in [-0.4, -0.2) is 29.3 Å². The first kappa shape index (κ1) is 23.2. The van der Waals surface area contributed by atoms with Gasteiger partial charge >= 0.3 is 0 Å². The summed E-state index contributed by atoms with van der Waals surface area (Å²) in [4.78, 5) is 27.0. The fraction of sp³-hybridized carbons (Fsp3) is 0.364. The zero-order valence-corrected chi connectivity index (χ0v) is 18.1. The van der Waals surface area contributed by atoms with Crippen molar-refractivity contribution in [3.63, 3.8) is 0 Å². The summed E-state index contributed by atoms with van der Waals surface area (Å²) < 4.78 is 14.2. The van der Waals surface area contributed by atoms with E-state index in [1.807, 2.05) is 6.92 Å². The van der Waals surface area contributed by atoms with E-state index >= 15 is 0 Å². The Morgan fingerprint density at radius 1 is 1.14 bits per heavy atom. The fourth-order valence-electron chi connectivity index (χ4n) is 2.86. The molecule has 2 aromatic rings. The lowest BCUT2D eigenvalue weighted by Crippen LogP contribution is -2.48. The Bertz CT molecular complexity index is 860. The number of nitrogens with one attached hydrogen (secondary N) is 1. The van der Waals surface area contributed by atoms with Crippen LogP contribution in [-0.2, 0) is 22.6 Å². The van der Waals surface area contributed by atoms with Gasteiger partial charge in [-0.3, -0.25) is 9.59 Å². The number of hydrogen-bond acceptors (Lipinski definition) is 2. The first-order valence-electron chi connectivity index (χ1n) is 9.58. The Labute approximate surface area is 181 Å². The van der Waals surface area contributed by atoms with Crippen LogP contribution in [0.25, 0.3) is 0 Å². The summed E-state index contributed by atoms with van der Waals surface area (Å²) in [5, 5.41) is 3.67. The van der Waals surface area contributed by atoms with E-state index < -0.39 is 11.9 Å². The highest BCUT2D eigenvalue weighted by atomic mass is 35.5. The van der Waals surface area contributed by atoms with Crippen LogP contribution in [0.15, 0.2) is 42.5 Å². The topological polar surface area (TPSA) is 49.4 Å². The minimum atomic E-state index is -0.759. The van der Waals surface area contributed by atoms with E-state index in [4.69, 9.17) is 23.2 Å². The molecule has 0 saturated carbocycles. The van der Waals surface area contributed by atoms with Crippen LogP contribution in [0.4, 0.5) is 4.39 Å². The van der Waals surface area contributed by atoms with Crippen molar-refractivity contribution >= 4 is 35.0 Å².